The van der Waals surface area contributed by atoms with Crippen LogP contribution >= 0.6 is 0 Å². The first-order valence-corrected chi connectivity index (χ1v) is 6.52. The highest BCUT2D eigenvalue weighted by molar-refractivity contribution is 4.87. The summed E-state index contributed by atoms with van der Waals surface area (Å²) in [5.41, 5.74) is 0.712. The molecule has 0 N–H and O–H groups in total. The Labute approximate surface area is 104 Å². The van der Waals surface area contributed by atoms with Crippen molar-refractivity contribution in [3.05, 3.63) is 25.3 Å². The summed E-state index contributed by atoms with van der Waals surface area (Å²) in [5.74, 6) is 0. The van der Waals surface area contributed by atoms with Gasteiger partial charge in [0, 0.05) is 0 Å². The van der Waals surface area contributed by atoms with Crippen LogP contribution in [0, 0.1) is 10.8 Å². The Morgan fingerprint density at radius 2 is 1.00 bits per heavy atom. The monoisotopic (exact) mass is 224 g/mol. The molecule has 0 rings (SSSR count). The zero-order valence-corrected chi connectivity index (χ0v) is 12.4. The molecule has 0 aliphatic carbocycles. The summed E-state index contributed by atoms with van der Waals surface area (Å²) in [4.78, 5) is 0. The molecule has 0 amide bonds. The number of rotatable bonds is 6. The normalized spacial score (nSPS) is 11.4. The van der Waals surface area contributed by atoms with Crippen LogP contribution < -0.4 is 0 Å². The van der Waals surface area contributed by atoms with Gasteiger partial charge < -0.3 is 0 Å². The topological polar surface area (TPSA) is 0 Å². The van der Waals surface area contributed by atoms with Gasteiger partial charge in [-0.15, -0.1) is 13.2 Å². The van der Waals surface area contributed by atoms with Crippen molar-refractivity contribution in [1.29, 1.82) is 0 Å². The molecule has 0 bridgehead atoms. The molecule has 0 spiro atoms. The van der Waals surface area contributed by atoms with Gasteiger partial charge in [0.1, 0.15) is 0 Å². The van der Waals surface area contributed by atoms with Crippen molar-refractivity contribution in [3.8, 4) is 0 Å². The molecule has 0 aliphatic rings. The summed E-state index contributed by atoms with van der Waals surface area (Å²) < 4.78 is 0. The van der Waals surface area contributed by atoms with E-state index in [0.29, 0.717) is 10.8 Å². The first-order chi connectivity index (χ1) is 7.24. The minimum absolute atomic E-state index is 0.356. The molecule has 0 nitrogen and oxygen atoms in total. The minimum Gasteiger partial charge on any atom is -0.103 e. The van der Waals surface area contributed by atoms with Gasteiger partial charge in [-0.1, -0.05) is 66.5 Å². The fourth-order valence-corrected chi connectivity index (χ4v) is 1.49. The van der Waals surface area contributed by atoms with Gasteiger partial charge in [0.05, 0.1) is 0 Å². The molecule has 0 unspecified atom stereocenters. The van der Waals surface area contributed by atoms with E-state index in [0.717, 1.165) is 0 Å². The van der Waals surface area contributed by atoms with E-state index in [9.17, 15) is 0 Å². The predicted molar refractivity (Wildman–Crippen MR) is 77.8 cm³/mol. The quantitative estimate of drug-likeness (QED) is 0.486. The first kappa shape index (κ1) is 17.9. The number of allylic oxidation sites excluding steroid dienone is 2. The van der Waals surface area contributed by atoms with Gasteiger partial charge in [-0.05, 0) is 23.7 Å². The van der Waals surface area contributed by atoms with Gasteiger partial charge in [-0.3, -0.25) is 0 Å². The van der Waals surface area contributed by atoms with Crippen molar-refractivity contribution in [2.75, 3.05) is 0 Å². The Morgan fingerprint density at radius 3 is 1.06 bits per heavy atom. The van der Waals surface area contributed by atoms with Gasteiger partial charge in [-0.2, -0.15) is 0 Å². The summed E-state index contributed by atoms with van der Waals surface area (Å²) in [7, 11) is 0. The van der Waals surface area contributed by atoms with Crippen molar-refractivity contribution < 1.29 is 0 Å². The van der Waals surface area contributed by atoms with Crippen molar-refractivity contribution in [3.63, 3.8) is 0 Å². The van der Waals surface area contributed by atoms with E-state index in [1.54, 1.807) is 0 Å². The van der Waals surface area contributed by atoms with E-state index in [-0.39, 0.29) is 0 Å². The van der Waals surface area contributed by atoms with Gasteiger partial charge in [0.2, 0.25) is 0 Å². The molecular weight excluding hydrogens is 192 g/mol. The molecule has 0 aromatic carbocycles. The highest BCUT2D eigenvalue weighted by Crippen LogP contribution is 2.22. The Hall–Kier alpha value is -0.520. The fourth-order valence-electron chi connectivity index (χ4n) is 1.49. The van der Waals surface area contributed by atoms with Crippen LogP contribution in [-0.4, -0.2) is 0 Å². The average Bonchev–Trinajstić information content (AvgIpc) is 2.19. The van der Waals surface area contributed by atoms with Gasteiger partial charge in [0.15, 0.2) is 0 Å². The second kappa shape index (κ2) is 8.61. The third-order valence-corrected chi connectivity index (χ3v) is 2.89. The maximum atomic E-state index is 3.75. The largest absolute Gasteiger partial charge is 0.103 e. The van der Waals surface area contributed by atoms with Gasteiger partial charge >= 0.3 is 0 Å². The predicted octanol–water partition coefficient (Wildman–Crippen LogP) is 6.00. The third-order valence-electron chi connectivity index (χ3n) is 2.89. The molecule has 16 heavy (non-hydrogen) atoms. The molecule has 0 aromatic rings. The van der Waals surface area contributed by atoms with Crippen LogP contribution in [-0.2, 0) is 0 Å². The molecule has 0 saturated heterocycles. The summed E-state index contributed by atoms with van der Waals surface area (Å²) in [5, 5.41) is 0. The fraction of sp³-hybridized carbons (Fsp3) is 0.750. The van der Waals surface area contributed by atoms with Crippen LogP contribution in [0.3, 0.4) is 0 Å². The Kier molecular flexibility index (Phi) is 9.61. The molecule has 0 heterocycles. The molecule has 0 saturated carbocycles. The zero-order chi connectivity index (χ0) is 13.2. The van der Waals surface area contributed by atoms with Gasteiger partial charge in [0.25, 0.3) is 0 Å². The molecule has 0 heteroatoms. The van der Waals surface area contributed by atoms with Crippen LogP contribution in [0.1, 0.15) is 67.2 Å². The maximum Gasteiger partial charge on any atom is -0.0178 e. The lowest BCUT2D eigenvalue weighted by molar-refractivity contribution is 0.433. The van der Waals surface area contributed by atoms with Crippen LogP contribution in [0.4, 0.5) is 0 Å². The second-order valence-electron chi connectivity index (χ2n) is 5.89. The SMILES string of the molecule is C=CC(C)(C)CCC.C=CC(C)(C)CCC. The Balaban J connectivity index is 0. The number of hydrogen-bond acceptors (Lipinski definition) is 0. The molecule has 0 aromatic heterocycles. The van der Waals surface area contributed by atoms with E-state index in [1.807, 2.05) is 12.2 Å². The van der Waals surface area contributed by atoms with E-state index < -0.39 is 0 Å². The van der Waals surface area contributed by atoms with Crippen LogP contribution in [0.25, 0.3) is 0 Å². The van der Waals surface area contributed by atoms with E-state index in [2.05, 4.69) is 54.7 Å². The highest BCUT2D eigenvalue weighted by atomic mass is 14.1. The number of hydrogen-bond donors (Lipinski definition) is 0. The molecule has 96 valence electrons. The van der Waals surface area contributed by atoms with E-state index >= 15 is 0 Å². The van der Waals surface area contributed by atoms with Crippen molar-refractivity contribution in [2.24, 2.45) is 10.8 Å². The maximum absolute atomic E-state index is 3.75. The van der Waals surface area contributed by atoms with Crippen molar-refractivity contribution in [1.82, 2.24) is 0 Å². The zero-order valence-electron chi connectivity index (χ0n) is 12.4. The van der Waals surface area contributed by atoms with Crippen LogP contribution in [0.2, 0.25) is 0 Å². The molecule has 0 radical (unpaired) electrons. The minimum atomic E-state index is 0.356. The Morgan fingerprint density at radius 1 is 0.750 bits per heavy atom. The van der Waals surface area contributed by atoms with Crippen molar-refractivity contribution in [2.45, 2.75) is 67.2 Å². The molecular formula is C16H32. The van der Waals surface area contributed by atoms with E-state index in [4.69, 9.17) is 0 Å². The molecule has 0 fully saturated rings. The Bertz CT molecular complexity index is 162. The molecule has 0 aliphatic heterocycles. The first-order valence-electron chi connectivity index (χ1n) is 6.52. The summed E-state index contributed by atoms with van der Waals surface area (Å²) >= 11 is 0. The lowest BCUT2D eigenvalue weighted by Crippen LogP contribution is -2.04. The molecule has 0 atom stereocenters. The highest BCUT2D eigenvalue weighted by Gasteiger charge is 2.09. The van der Waals surface area contributed by atoms with E-state index in [1.165, 1.54) is 25.7 Å². The van der Waals surface area contributed by atoms with Gasteiger partial charge in [-0.25, -0.2) is 0 Å². The summed E-state index contributed by atoms with van der Waals surface area (Å²) in [6.45, 7) is 20.7. The standard InChI is InChI=1S/2C8H16/c2*1-5-7-8(3,4)6-2/h2*6H,2,5,7H2,1,3-4H3. The second-order valence-corrected chi connectivity index (χ2v) is 5.89. The third kappa shape index (κ3) is 11.6. The lowest BCUT2D eigenvalue weighted by atomic mass is 9.89. The van der Waals surface area contributed by atoms with Crippen LogP contribution in [0.15, 0.2) is 25.3 Å². The lowest BCUT2D eigenvalue weighted by Gasteiger charge is -2.17. The summed E-state index contributed by atoms with van der Waals surface area (Å²) in [6.07, 6.45) is 9.04. The average molecular weight is 224 g/mol. The smallest absolute Gasteiger partial charge is 0.0178 e. The summed E-state index contributed by atoms with van der Waals surface area (Å²) in [6, 6.07) is 0. The van der Waals surface area contributed by atoms with Crippen LogP contribution in [0.5, 0.6) is 0 Å². The van der Waals surface area contributed by atoms with Crippen molar-refractivity contribution >= 4 is 0 Å².